The molecule has 1 aromatic heterocycles. The molecule has 2 aromatic rings. The SMILES string of the molecule is COc1cccc(NC(=O)CSc2nc(=O)n(CCN3CCOCC3)c3c2CCC3)c1. The molecular weight excluding hydrogens is 416 g/mol. The number of rotatable bonds is 8. The minimum Gasteiger partial charge on any atom is -0.497 e. The number of anilines is 1. The summed E-state index contributed by atoms with van der Waals surface area (Å²) >= 11 is 1.34. The quantitative estimate of drug-likeness (QED) is 0.491. The van der Waals surface area contributed by atoms with Crippen LogP contribution in [0.2, 0.25) is 0 Å². The lowest BCUT2D eigenvalue weighted by Gasteiger charge is -2.27. The fourth-order valence-electron chi connectivity index (χ4n) is 4.03. The molecule has 0 radical (unpaired) electrons. The first-order valence-corrected chi connectivity index (χ1v) is 11.6. The van der Waals surface area contributed by atoms with E-state index in [1.165, 1.54) is 11.8 Å². The lowest BCUT2D eigenvalue weighted by Crippen LogP contribution is -2.40. The summed E-state index contributed by atoms with van der Waals surface area (Å²) in [5, 5.41) is 3.57. The smallest absolute Gasteiger partial charge is 0.348 e. The van der Waals surface area contributed by atoms with E-state index in [2.05, 4.69) is 15.2 Å². The van der Waals surface area contributed by atoms with Gasteiger partial charge >= 0.3 is 5.69 Å². The van der Waals surface area contributed by atoms with E-state index in [9.17, 15) is 9.59 Å². The van der Waals surface area contributed by atoms with E-state index in [4.69, 9.17) is 9.47 Å². The molecule has 1 aliphatic heterocycles. The molecule has 0 atom stereocenters. The molecule has 4 rings (SSSR count). The number of morpholine rings is 1. The molecule has 1 aromatic carbocycles. The van der Waals surface area contributed by atoms with Crippen molar-refractivity contribution in [2.75, 3.05) is 51.0 Å². The molecule has 8 nitrogen and oxygen atoms in total. The molecule has 0 saturated carbocycles. The molecule has 1 N–H and O–H groups in total. The predicted molar refractivity (Wildman–Crippen MR) is 120 cm³/mol. The lowest BCUT2D eigenvalue weighted by atomic mass is 10.2. The largest absolute Gasteiger partial charge is 0.497 e. The third kappa shape index (κ3) is 5.47. The van der Waals surface area contributed by atoms with E-state index in [1.807, 2.05) is 22.8 Å². The average Bonchev–Trinajstić information content (AvgIpc) is 3.28. The zero-order chi connectivity index (χ0) is 21.6. The first-order chi connectivity index (χ1) is 15.1. The topological polar surface area (TPSA) is 85.7 Å². The third-order valence-corrected chi connectivity index (χ3v) is 6.66. The van der Waals surface area contributed by atoms with E-state index in [1.54, 1.807) is 13.2 Å². The van der Waals surface area contributed by atoms with Crippen molar-refractivity contribution >= 4 is 23.4 Å². The van der Waals surface area contributed by atoms with Crippen LogP contribution in [0.3, 0.4) is 0 Å². The number of carbonyl (C=O) groups excluding carboxylic acids is 1. The van der Waals surface area contributed by atoms with E-state index in [0.29, 0.717) is 23.0 Å². The van der Waals surface area contributed by atoms with Crippen LogP contribution in [-0.2, 0) is 28.9 Å². The Balaban J connectivity index is 1.40. The highest BCUT2D eigenvalue weighted by Crippen LogP contribution is 2.29. The lowest BCUT2D eigenvalue weighted by molar-refractivity contribution is -0.113. The van der Waals surface area contributed by atoms with Gasteiger partial charge in [-0.05, 0) is 31.4 Å². The van der Waals surface area contributed by atoms with Crippen LogP contribution in [0.5, 0.6) is 5.75 Å². The highest BCUT2D eigenvalue weighted by molar-refractivity contribution is 8.00. The molecule has 2 heterocycles. The molecule has 9 heteroatoms. The van der Waals surface area contributed by atoms with Crippen molar-refractivity contribution in [1.29, 1.82) is 0 Å². The highest BCUT2D eigenvalue weighted by Gasteiger charge is 2.23. The standard InChI is InChI=1S/C22H28N4O4S/c1-29-17-5-2-4-16(14-17)23-20(27)15-31-21-18-6-3-7-19(18)26(22(28)24-21)9-8-25-10-12-30-13-11-25/h2,4-5,14H,3,6-13,15H2,1H3,(H,23,27). The maximum absolute atomic E-state index is 12.8. The van der Waals surface area contributed by atoms with Gasteiger partial charge in [-0.15, -0.1) is 0 Å². The first kappa shape index (κ1) is 21.9. The first-order valence-electron chi connectivity index (χ1n) is 10.6. The minimum atomic E-state index is -0.218. The molecular formula is C22H28N4O4S. The van der Waals surface area contributed by atoms with Crippen LogP contribution in [0.4, 0.5) is 5.69 Å². The van der Waals surface area contributed by atoms with Gasteiger partial charge in [-0.3, -0.25) is 14.3 Å². The number of nitrogens with one attached hydrogen (secondary N) is 1. The second-order valence-corrected chi connectivity index (χ2v) is 8.62. The number of aromatic nitrogens is 2. The summed E-state index contributed by atoms with van der Waals surface area (Å²) in [6.45, 7) is 4.78. The van der Waals surface area contributed by atoms with Crippen molar-refractivity contribution in [2.24, 2.45) is 0 Å². The second kappa shape index (κ2) is 10.3. The fraction of sp³-hybridized carbons (Fsp3) is 0.500. The Morgan fingerprint density at radius 3 is 2.90 bits per heavy atom. The summed E-state index contributed by atoms with van der Waals surface area (Å²) in [7, 11) is 1.59. The zero-order valence-electron chi connectivity index (χ0n) is 17.8. The van der Waals surface area contributed by atoms with Gasteiger partial charge < -0.3 is 14.8 Å². The van der Waals surface area contributed by atoms with E-state index < -0.39 is 0 Å². The maximum Gasteiger partial charge on any atom is 0.348 e. The Bertz CT molecular complexity index is 988. The van der Waals surface area contributed by atoms with Gasteiger partial charge in [0.15, 0.2) is 0 Å². The summed E-state index contributed by atoms with van der Waals surface area (Å²) in [6.07, 6.45) is 2.81. The molecule has 0 spiro atoms. The van der Waals surface area contributed by atoms with Crippen LogP contribution in [0.25, 0.3) is 0 Å². The van der Waals surface area contributed by atoms with Gasteiger partial charge in [0.1, 0.15) is 10.8 Å². The van der Waals surface area contributed by atoms with Gasteiger partial charge in [0.05, 0.1) is 26.1 Å². The molecule has 1 aliphatic carbocycles. The molecule has 1 amide bonds. The van der Waals surface area contributed by atoms with Crippen molar-refractivity contribution in [2.45, 2.75) is 30.8 Å². The average molecular weight is 445 g/mol. The Morgan fingerprint density at radius 1 is 1.26 bits per heavy atom. The fourth-order valence-corrected chi connectivity index (χ4v) is 4.91. The maximum atomic E-state index is 12.8. The van der Waals surface area contributed by atoms with Crippen LogP contribution in [0.15, 0.2) is 34.1 Å². The van der Waals surface area contributed by atoms with Crippen LogP contribution in [0, 0.1) is 0 Å². The number of carbonyl (C=O) groups is 1. The van der Waals surface area contributed by atoms with Gasteiger partial charge in [-0.1, -0.05) is 17.8 Å². The van der Waals surface area contributed by atoms with E-state index in [0.717, 1.165) is 63.4 Å². The number of thioether (sulfide) groups is 1. The minimum absolute atomic E-state index is 0.136. The summed E-state index contributed by atoms with van der Waals surface area (Å²) in [5.41, 5.74) is 2.68. The molecule has 0 unspecified atom stereocenters. The Morgan fingerprint density at radius 2 is 2.10 bits per heavy atom. The van der Waals surface area contributed by atoms with Crippen LogP contribution < -0.4 is 15.7 Å². The Hall–Kier alpha value is -2.36. The zero-order valence-corrected chi connectivity index (χ0v) is 18.6. The number of nitrogens with zero attached hydrogens (tertiary/aromatic N) is 3. The molecule has 1 saturated heterocycles. The van der Waals surface area contributed by atoms with Crippen molar-refractivity contribution in [3.8, 4) is 5.75 Å². The van der Waals surface area contributed by atoms with Gasteiger partial charge in [0.25, 0.3) is 0 Å². The van der Waals surface area contributed by atoms with Crippen LogP contribution in [0.1, 0.15) is 17.7 Å². The van der Waals surface area contributed by atoms with Gasteiger partial charge in [0.2, 0.25) is 5.91 Å². The van der Waals surface area contributed by atoms with Crippen molar-refractivity contribution in [1.82, 2.24) is 14.5 Å². The van der Waals surface area contributed by atoms with Gasteiger partial charge in [0, 0.05) is 49.2 Å². The van der Waals surface area contributed by atoms with Crippen molar-refractivity contribution in [3.05, 3.63) is 46.0 Å². The van der Waals surface area contributed by atoms with Gasteiger partial charge in [-0.25, -0.2) is 4.79 Å². The number of hydrogen-bond acceptors (Lipinski definition) is 7. The summed E-state index contributed by atoms with van der Waals surface area (Å²) in [4.78, 5) is 31.8. The summed E-state index contributed by atoms with van der Waals surface area (Å²) in [5.74, 6) is 0.752. The van der Waals surface area contributed by atoms with Crippen molar-refractivity contribution in [3.63, 3.8) is 0 Å². The third-order valence-electron chi connectivity index (χ3n) is 5.64. The van der Waals surface area contributed by atoms with Crippen LogP contribution >= 0.6 is 11.8 Å². The molecule has 31 heavy (non-hydrogen) atoms. The molecule has 1 fully saturated rings. The van der Waals surface area contributed by atoms with Crippen LogP contribution in [-0.4, -0.2) is 66.1 Å². The highest BCUT2D eigenvalue weighted by atomic mass is 32.2. The summed E-state index contributed by atoms with van der Waals surface area (Å²) in [6, 6.07) is 7.24. The number of fused-ring (bicyclic) bond motifs is 1. The number of methoxy groups -OCH3 is 1. The van der Waals surface area contributed by atoms with Gasteiger partial charge in [-0.2, -0.15) is 4.98 Å². The number of amides is 1. The summed E-state index contributed by atoms with van der Waals surface area (Å²) < 4.78 is 12.4. The monoisotopic (exact) mass is 444 g/mol. The molecule has 166 valence electrons. The second-order valence-electron chi connectivity index (χ2n) is 7.65. The number of ether oxygens (including phenoxy) is 2. The predicted octanol–water partition coefficient (Wildman–Crippen LogP) is 1.80. The molecule has 2 aliphatic rings. The Kier molecular flexibility index (Phi) is 7.26. The number of benzene rings is 1. The number of hydrogen-bond donors (Lipinski definition) is 1. The van der Waals surface area contributed by atoms with Crippen molar-refractivity contribution < 1.29 is 14.3 Å². The van der Waals surface area contributed by atoms with E-state index in [-0.39, 0.29) is 17.3 Å². The normalized spacial score (nSPS) is 16.2. The van der Waals surface area contributed by atoms with E-state index >= 15 is 0 Å². The Labute approximate surface area is 185 Å². The molecule has 0 bridgehead atoms.